The van der Waals surface area contributed by atoms with Crippen molar-refractivity contribution in [2.45, 2.75) is 19.3 Å². The van der Waals surface area contributed by atoms with Crippen LogP contribution < -0.4 is 4.90 Å². The van der Waals surface area contributed by atoms with Crippen LogP contribution >= 0.6 is 23.2 Å². The molecule has 0 aliphatic rings. The van der Waals surface area contributed by atoms with E-state index in [-0.39, 0.29) is 0 Å². The zero-order valence-corrected chi connectivity index (χ0v) is 10.4. The summed E-state index contributed by atoms with van der Waals surface area (Å²) in [5.74, 6) is 0.750. The van der Waals surface area contributed by atoms with E-state index in [9.17, 15) is 0 Å². The van der Waals surface area contributed by atoms with Gasteiger partial charge in [-0.25, -0.2) is 0 Å². The van der Waals surface area contributed by atoms with Crippen LogP contribution in [0.2, 0.25) is 5.02 Å². The lowest BCUT2D eigenvalue weighted by molar-refractivity contribution is 0.708. The van der Waals surface area contributed by atoms with E-state index >= 15 is 0 Å². The minimum absolute atomic E-state index is 0.706. The first kappa shape index (κ1) is 12.6. The molecule has 0 radical (unpaired) electrons. The third kappa shape index (κ3) is 4.27. The smallest absolute Gasteiger partial charge is 0.0822 e. The third-order valence-corrected chi connectivity index (χ3v) is 2.85. The van der Waals surface area contributed by atoms with E-state index < -0.39 is 0 Å². The summed E-state index contributed by atoms with van der Waals surface area (Å²) in [6.07, 6.45) is 6.82. The van der Waals surface area contributed by atoms with Crippen molar-refractivity contribution in [1.29, 1.82) is 0 Å². The van der Waals surface area contributed by atoms with E-state index in [0.717, 1.165) is 37.4 Å². The summed E-state index contributed by atoms with van der Waals surface area (Å²) in [7, 11) is 2.04. The maximum atomic E-state index is 6.03. The summed E-state index contributed by atoms with van der Waals surface area (Å²) in [5.41, 5.74) is 1.04. The van der Waals surface area contributed by atoms with Gasteiger partial charge in [-0.05, 0) is 18.9 Å². The van der Waals surface area contributed by atoms with Crippen LogP contribution in [0.3, 0.4) is 0 Å². The van der Waals surface area contributed by atoms with Crippen LogP contribution in [0.5, 0.6) is 0 Å². The molecule has 0 bridgehead atoms. The summed E-state index contributed by atoms with van der Waals surface area (Å²) in [4.78, 5) is 6.11. The van der Waals surface area contributed by atoms with Crippen molar-refractivity contribution in [3.8, 4) is 0 Å². The van der Waals surface area contributed by atoms with Gasteiger partial charge in [0.1, 0.15) is 0 Å². The standard InChI is InChI=1S/C11H16Cl2N2/c1-15(8-4-2-3-6-12)11-5-7-14-9-10(11)13/h5,7,9H,2-4,6,8H2,1H3. The minimum atomic E-state index is 0.706. The Hall–Kier alpha value is -0.470. The van der Waals surface area contributed by atoms with Gasteiger partial charge in [-0.3, -0.25) is 4.98 Å². The van der Waals surface area contributed by atoms with Gasteiger partial charge in [-0.1, -0.05) is 18.0 Å². The topological polar surface area (TPSA) is 16.1 Å². The second-order valence-electron chi connectivity index (χ2n) is 3.50. The van der Waals surface area contributed by atoms with Crippen LogP contribution in [0.1, 0.15) is 19.3 Å². The molecule has 1 heterocycles. The molecule has 1 aromatic rings. The molecule has 4 heteroatoms. The minimum Gasteiger partial charge on any atom is -0.373 e. The second-order valence-corrected chi connectivity index (χ2v) is 4.28. The lowest BCUT2D eigenvalue weighted by Gasteiger charge is -2.19. The Bertz CT molecular complexity index is 292. The van der Waals surface area contributed by atoms with Gasteiger partial charge in [0.05, 0.1) is 10.7 Å². The van der Waals surface area contributed by atoms with Crippen molar-refractivity contribution < 1.29 is 0 Å². The highest BCUT2D eigenvalue weighted by Gasteiger charge is 2.04. The molecule has 0 fully saturated rings. The van der Waals surface area contributed by atoms with Gasteiger partial charge in [-0.2, -0.15) is 0 Å². The average molecular weight is 247 g/mol. The molecule has 0 unspecified atom stereocenters. The number of nitrogens with zero attached hydrogens (tertiary/aromatic N) is 2. The molecule has 1 aromatic heterocycles. The first-order valence-corrected chi connectivity index (χ1v) is 6.03. The predicted octanol–water partition coefficient (Wildman–Crippen LogP) is 3.58. The van der Waals surface area contributed by atoms with Crippen molar-refractivity contribution in [3.63, 3.8) is 0 Å². The van der Waals surface area contributed by atoms with Crippen LogP contribution in [-0.4, -0.2) is 24.5 Å². The summed E-state index contributed by atoms with van der Waals surface area (Å²) in [5, 5.41) is 0.706. The van der Waals surface area contributed by atoms with Gasteiger partial charge in [0.2, 0.25) is 0 Å². The molecule has 0 aliphatic heterocycles. The zero-order valence-electron chi connectivity index (χ0n) is 8.92. The van der Waals surface area contributed by atoms with Crippen molar-refractivity contribution in [2.24, 2.45) is 0 Å². The first-order valence-electron chi connectivity index (χ1n) is 5.12. The van der Waals surface area contributed by atoms with E-state index in [1.165, 1.54) is 0 Å². The van der Waals surface area contributed by atoms with Crippen molar-refractivity contribution in [2.75, 3.05) is 24.4 Å². The van der Waals surface area contributed by atoms with Gasteiger partial charge in [0.15, 0.2) is 0 Å². The first-order chi connectivity index (χ1) is 7.25. The number of unbranched alkanes of at least 4 members (excludes halogenated alkanes) is 2. The Labute approximate surface area is 101 Å². The largest absolute Gasteiger partial charge is 0.373 e. The van der Waals surface area contributed by atoms with Gasteiger partial charge in [0.25, 0.3) is 0 Å². The van der Waals surface area contributed by atoms with Gasteiger partial charge in [-0.15, -0.1) is 11.6 Å². The van der Waals surface area contributed by atoms with Crippen LogP contribution in [0.4, 0.5) is 5.69 Å². The molecular formula is C11H16Cl2N2. The summed E-state index contributed by atoms with van der Waals surface area (Å²) in [6, 6.07) is 1.93. The van der Waals surface area contributed by atoms with Gasteiger partial charge < -0.3 is 4.90 Å². The number of anilines is 1. The van der Waals surface area contributed by atoms with Gasteiger partial charge >= 0.3 is 0 Å². The van der Waals surface area contributed by atoms with Crippen molar-refractivity contribution in [3.05, 3.63) is 23.5 Å². The fourth-order valence-corrected chi connectivity index (χ4v) is 1.87. The fraction of sp³-hybridized carbons (Fsp3) is 0.545. The van der Waals surface area contributed by atoms with E-state index in [0.29, 0.717) is 5.02 Å². The maximum Gasteiger partial charge on any atom is 0.0822 e. The summed E-state index contributed by atoms with van der Waals surface area (Å²) >= 11 is 11.7. The Morgan fingerprint density at radius 2 is 2.13 bits per heavy atom. The highest BCUT2D eigenvalue weighted by Crippen LogP contribution is 2.23. The number of rotatable bonds is 6. The number of alkyl halides is 1. The molecule has 1 rings (SSSR count). The van der Waals surface area contributed by atoms with Gasteiger partial charge in [0, 0.05) is 31.9 Å². The lowest BCUT2D eigenvalue weighted by Crippen LogP contribution is -2.18. The maximum absolute atomic E-state index is 6.03. The molecule has 0 saturated carbocycles. The monoisotopic (exact) mass is 246 g/mol. The molecule has 0 spiro atoms. The van der Waals surface area contributed by atoms with Crippen LogP contribution in [-0.2, 0) is 0 Å². The molecule has 0 atom stereocenters. The van der Waals surface area contributed by atoms with Crippen LogP contribution in [0.15, 0.2) is 18.5 Å². The van der Waals surface area contributed by atoms with Crippen LogP contribution in [0, 0.1) is 0 Å². The zero-order chi connectivity index (χ0) is 11.1. The SMILES string of the molecule is CN(CCCCCCl)c1ccncc1Cl. The summed E-state index contributed by atoms with van der Waals surface area (Å²) < 4.78 is 0. The Morgan fingerprint density at radius 1 is 1.33 bits per heavy atom. The van der Waals surface area contributed by atoms with E-state index in [1.54, 1.807) is 12.4 Å². The molecule has 0 amide bonds. The second kappa shape index (κ2) is 6.91. The quantitative estimate of drug-likeness (QED) is 0.564. The highest BCUT2D eigenvalue weighted by molar-refractivity contribution is 6.33. The molecule has 0 N–H and O–H groups in total. The molecule has 0 aromatic carbocycles. The molecular weight excluding hydrogens is 231 g/mol. The highest BCUT2D eigenvalue weighted by atomic mass is 35.5. The molecule has 0 aliphatic carbocycles. The summed E-state index contributed by atoms with van der Waals surface area (Å²) in [6.45, 7) is 1.00. The number of pyridine rings is 1. The average Bonchev–Trinajstić information content (AvgIpc) is 2.25. The fourth-order valence-electron chi connectivity index (χ4n) is 1.42. The van der Waals surface area contributed by atoms with Crippen molar-refractivity contribution >= 4 is 28.9 Å². The van der Waals surface area contributed by atoms with E-state index in [2.05, 4.69) is 9.88 Å². The normalized spacial score (nSPS) is 10.3. The number of hydrogen-bond acceptors (Lipinski definition) is 2. The lowest BCUT2D eigenvalue weighted by atomic mass is 10.2. The molecule has 2 nitrogen and oxygen atoms in total. The molecule has 84 valence electrons. The number of halogens is 2. The Kier molecular flexibility index (Phi) is 5.81. The van der Waals surface area contributed by atoms with Crippen LogP contribution in [0.25, 0.3) is 0 Å². The Balaban J connectivity index is 2.40. The molecule has 0 saturated heterocycles. The predicted molar refractivity (Wildman–Crippen MR) is 67.1 cm³/mol. The third-order valence-electron chi connectivity index (χ3n) is 2.29. The van der Waals surface area contributed by atoms with Crippen molar-refractivity contribution in [1.82, 2.24) is 4.98 Å². The number of hydrogen-bond donors (Lipinski definition) is 0. The number of aromatic nitrogens is 1. The van der Waals surface area contributed by atoms with E-state index in [1.807, 2.05) is 13.1 Å². The Morgan fingerprint density at radius 3 is 2.80 bits per heavy atom. The van der Waals surface area contributed by atoms with E-state index in [4.69, 9.17) is 23.2 Å². The molecule has 15 heavy (non-hydrogen) atoms.